The molecule has 4 nitrogen and oxygen atoms in total. The number of imide groups is 1. The highest BCUT2D eigenvalue weighted by atomic mass is 16.2. The Balaban J connectivity index is 2.03. The van der Waals surface area contributed by atoms with Crippen LogP contribution in [0.25, 0.3) is 0 Å². The zero-order chi connectivity index (χ0) is 12.6. The maximum atomic E-state index is 12.1. The maximum absolute atomic E-state index is 12.1. The Morgan fingerprint density at radius 1 is 1.41 bits per heavy atom. The van der Waals surface area contributed by atoms with E-state index in [9.17, 15) is 9.59 Å². The van der Waals surface area contributed by atoms with Gasteiger partial charge >= 0.3 is 0 Å². The minimum Gasteiger partial charge on any atom is -0.316 e. The molecule has 0 saturated carbocycles. The molecule has 1 N–H and O–H groups in total. The summed E-state index contributed by atoms with van der Waals surface area (Å²) >= 11 is 0. The van der Waals surface area contributed by atoms with Crippen molar-refractivity contribution >= 4 is 11.8 Å². The van der Waals surface area contributed by atoms with Crippen LogP contribution in [0.2, 0.25) is 0 Å². The first kappa shape index (κ1) is 12.6. The summed E-state index contributed by atoms with van der Waals surface area (Å²) in [6, 6.07) is 0. The number of carbonyl (C=O) groups excluding carboxylic acids is 2. The van der Waals surface area contributed by atoms with E-state index in [4.69, 9.17) is 0 Å². The molecule has 2 aliphatic rings. The van der Waals surface area contributed by atoms with Crippen molar-refractivity contribution in [3.63, 3.8) is 0 Å². The monoisotopic (exact) mass is 238 g/mol. The van der Waals surface area contributed by atoms with Crippen LogP contribution in [0.3, 0.4) is 0 Å². The summed E-state index contributed by atoms with van der Waals surface area (Å²) in [4.78, 5) is 25.5. The molecule has 2 aliphatic heterocycles. The van der Waals surface area contributed by atoms with Crippen molar-refractivity contribution in [3.05, 3.63) is 0 Å². The van der Waals surface area contributed by atoms with Gasteiger partial charge in [-0.05, 0) is 31.3 Å². The second kappa shape index (κ2) is 4.41. The summed E-state index contributed by atoms with van der Waals surface area (Å²) < 4.78 is 0. The Morgan fingerprint density at radius 3 is 2.65 bits per heavy atom. The van der Waals surface area contributed by atoms with E-state index < -0.39 is 5.41 Å². The van der Waals surface area contributed by atoms with Crippen molar-refractivity contribution in [2.75, 3.05) is 19.6 Å². The van der Waals surface area contributed by atoms with Gasteiger partial charge in [0.2, 0.25) is 11.8 Å². The van der Waals surface area contributed by atoms with Gasteiger partial charge in [0.15, 0.2) is 0 Å². The van der Waals surface area contributed by atoms with E-state index in [0.29, 0.717) is 24.8 Å². The lowest BCUT2D eigenvalue weighted by Crippen LogP contribution is -2.43. The first-order valence-corrected chi connectivity index (χ1v) is 6.47. The number of amides is 2. The van der Waals surface area contributed by atoms with Crippen LogP contribution in [0.15, 0.2) is 0 Å². The van der Waals surface area contributed by atoms with E-state index in [1.165, 1.54) is 4.90 Å². The molecular formula is C13H22N2O2. The fraction of sp³-hybridized carbons (Fsp3) is 0.846. The molecule has 2 atom stereocenters. The van der Waals surface area contributed by atoms with Crippen LogP contribution in [0, 0.1) is 17.3 Å². The number of hydrogen-bond acceptors (Lipinski definition) is 3. The molecule has 2 fully saturated rings. The molecule has 0 aromatic rings. The largest absolute Gasteiger partial charge is 0.316 e. The summed E-state index contributed by atoms with van der Waals surface area (Å²) in [6.07, 6.45) is 1.42. The third kappa shape index (κ3) is 2.37. The molecule has 2 amide bonds. The van der Waals surface area contributed by atoms with E-state index in [1.807, 2.05) is 13.8 Å². The van der Waals surface area contributed by atoms with Gasteiger partial charge in [-0.15, -0.1) is 0 Å². The Labute approximate surface area is 103 Å². The highest BCUT2D eigenvalue weighted by Crippen LogP contribution is 2.33. The summed E-state index contributed by atoms with van der Waals surface area (Å²) in [5.74, 6) is 1.00. The standard InChI is InChI=1S/C13H22N2O2/c1-9-7-14-5-4-10(9)8-15-11(16)6-13(2,3)12(15)17/h9-10,14H,4-8H2,1-3H3. The number of nitrogens with zero attached hydrogens (tertiary/aromatic N) is 1. The molecule has 17 heavy (non-hydrogen) atoms. The molecule has 0 aromatic carbocycles. The summed E-state index contributed by atoms with van der Waals surface area (Å²) in [5, 5.41) is 3.34. The molecule has 2 unspecified atom stereocenters. The Morgan fingerprint density at radius 2 is 2.12 bits per heavy atom. The molecular weight excluding hydrogens is 216 g/mol. The highest BCUT2D eigenvalue weighted by molar-refractivity contribution is 6.05. The van der Waals surface area contributed by atoms with Crippen molar-refractivity contribution < 1.29 is 9.59 Å². The van der Waals surface area contributed by atoms with Gasteiger partial charge in [0.25, 0.3) is 0 Å². The van der Waals surface area contributed by atoms with E-state index in [-0.39, 0.29) is 11.8 Å². The minimum absolute atomic E-state index is 0.00531. The normalized spacial score (nSPS) is 33.2. The highest BCUT2D eigenvalue weighted by Gasteiger charge is 2.45. The van der Waals surface area contributed by atoms with Crippen molar-refractivity contribution in [1.82, 2.24) is 10.2 Å². The van der Waals surface area contributed by atoms with Crippen molar-refractivity contribution in [2.24, 2.45) is 17.3 Å². The molecule has 0 spiro atoms. The van der Waals surface area contributed by atoms with Gasteiger partial charge in [-0.1, -0.05) is 20.8 Å². The number of likely N-dealkylation sites (tertiary alicyclic amines) is 1. The molecule has 0 radical (unpaired) electrons. The molecule has 0 aromatic heterocycles. The molecule has 2 saturated heterocycles. The van der Waals surface area contributed by atoms with Crippen LogP contribution < -0.4 is 5.32 Å². The quantitative estimate of drug-likeness (QED) is 0.731. The minimum atomic E-state index is -0.493. The Kier molecular flexibility index (Phi) is 3.25. The Hall–Kier alpha value is -0.900. The Bertz CT molecular complexity index is 338. The first-order valence-electron chi connectivity index (χ1n) is 6.47. The molecule has 4 heteroatoms. The number of nitrogens with one attached hydrogen (secondary N) is 1. The van der Waals surface area contributed by atoms with Gasteiger partial charge in [0.1, 0.15) is 0 Å². The van der Waals surface area contributed by atoms with Gasteiger partial charge in [-0.2, -0.15) is 0 Å². The summed E-state index contributed by atoms with van der Waals surface area (Å²) in [5.41, 5.74) is -0.493. The SMILES string of the molecule is CC1CNCCC1CN1C(=O)CC(C)(C)C1=O. The predicted octanol–water partition coefficient (Wildman–Crippen LogP) is 1.02. The molecule has 0 bridgehead atoms. The fourth-order valence-electron chi connectivity index (χ4n) is 2.79. The fourth-order valence-corrected chi connectivity index (χ4v) is 2.79. The van der Waals surface area contributed by atoms with Gasteiger partial charge < -0.3 is 5.32 Å². The predicted molar refractivity (Wildman–Crippen MR) is 65.3 cm³/mol. The smallest absolute Gasteiger partial charge is 0.235 e. The number of piperidine rings is 1. The molecule has 2 rings (SSSR count). The third-order valence-corrected chi connectivity index (χ3v) is 4.10. The second-order valence-corrected chi connectivity index (χ2v) is 6.10. The number of rotatable bonds is 2. The molecule has 96 valence electrons. The number of carbonyl (C=O) groups is 2. The lowest BCUT2D eigenvalue weighted by atomic mass is 9.87. The summed E-state index contributed by atoms with van der Waals surface area (Å²) in [6.45, 7) is 8.51. The van der Waals surface area contributed by atoms with Crippen LogP contribution in [-0.2, 0) is 9.59 Å². The topological polar surface area (TPSA) is 49.4 Å². The van der Waals surface area contributed by atoms with Gasteiger partial charge in [-0.25, -0.2) is 0 Å². The average molecular weight is 238 g/mol. The van der Waals surface area contributed by atoms with Crippen LogP contribution in [0.4, 0.5) is 0 Å². The lowest BCUT2D eigenvalue weighted by molar-refractivity contribution is -0.141. The maximum Gasteiger partial charge on any atom is 0.235 e. The third-order valence-electron chi connectivity index (χ3n) is 4.10. The van der Waals surface area contributed by atoms with E-state index in [2.05, 4.69) is 12.2 Å². The summed E-state index contributed by atoms with van der Waals surface area (Å²) in [7, 11) is 0. The van der Waals surface area contributed by atoms with Gasteiger partial charge in [0.05, 0.1) is 5.41 Å². The van der Waals surface area contributed by atoms with Gasteiger partial charge in [-0.3, -0.25) is 14.5 Å². The number of hydrogen-bond donors (Lipinski definition) is 1. The van der Waals surface area contributed by atoms with Crippen molar-refractivity contribution in [2.45, 2.75) is 33.6 Å². The van der Waals surface area contributed by atoms with E-state index in [0.717, 1.165) is 19.5 Å². The zero-order valence-electron chi connectivity index (χ0n) is 11.0. The van der Waals surface area contributed by atoms with Crippen molar-refractivity contribution in [3.8, 4) is 0 Å². The second-order valence-electron chi connectivity index (χ2n) is 6.10. The van der Waals surface area contributed by atoms with Crippen LogP contribution >= 0.6 is 0 Å². The van der Waals surface area contributed by atoms with Crippen molar-refractivity contribution in [1.29, 1.82) is 0 Å². The van der Waals surface area contributed by atoms with Crippen LogP contribution in [0.5, 0.6) is 0 Å². The van der Waals surface area contributed by atoms with Crippen LogP contribution in [-0.4, -0.2) is 36.3 Å². The average Bonchev–Trinajstić information content (AvgIpc) is 2.43. The van der Waals surface area contributed by atoms with E-state index in [1.54, 1.807) is 0 Å². The van der Waals surface area contributed by atoms with E-state index >= 15 is 0 Å². The molecule has 2 heterocycles. The molecule has 0 aliphatic carbocycles. The van der Waals surface area contributed by atoms with Crippen LogP contribution in [0.1, 0.15) is 33.6 Å². The zero-order valence-corrected chi connectivity index (χ0v) is 11.0. The lowest BCUT2D eigenvalue weighted by Gasteiger charge is -2.32. The first-order chi connectivity index (χ1) is 7.92. The van der Waals surface area contributed by atoms with Gasteiger partial charge in [0, 0.05) is 13.0 Å².